The number of likely N-dealkylation sites (tertiary alicyclic amines) is 1. The highest BCUT2D eigenvalue weighted by Crippen LogP contribution is 2.34. The normalized spacial score (nSPS) is 20.3. The van der Waals surface area contributed by atoms with E-state index in [2.05, 4.69) is 4.99 Å². The summed E-state index contributed by atoms with van der Waals surface area (Å²) in [5.41, 5.74) is -2.15. The zero-order valence-corrected chi connectivity index (χ0v) is 25.9. The Kier molecular flexibility index (Phi) is 9.46. The molecule has 0 radical (unpaired) electrons. The Morgan fingerprint density at radius 1 is 1.10 bits per heavy atom. The topological polar surface area (TPSA) is 82.4 Å². The van der Waals surface area contributed by atoms with E-state index in [-0.39, 0.29) is 35.5 Å². The Balaban J connectivity index is 1.64. The van der Waals surface area contributed by atoms with Crippen molar-refractivity contribution in [2.75, 3.05) is 19.8 Å². The second-order valence-corrected chi connectivity index (χ2v) is 13.8. The van der Waals surface area contributed by atoms with E-state index in [1.165, 1.54) is 11.3 Å². The molecule has 0 unspecified atom stereocenters. The van der Waals surface area contributed by atoms with Gasteiger partial charge in [0.2, 0.25) is 0 Å². The summed E-state index contributed by atoms with van der Waals surface area (Å²) >= 11 is 1.33. The number of amides is 2. The van der Waals surface area contributed by atoms with Crippen LogP contribution < -0.4 is 9.54 Å². The highest BCUT2D eigenvalue weighted by Gasteiger charge is 2.35. The molecule has 1 aromatic carbocycles. The van der Waals surface area contributed by atoms with Crippen molar-refractivity contribution in [3.8, 4) is 5.75 Å². The van der Waals surface area contributed by atoms with Gasteiger partial charge in [-0.05, 0) is 70.1 Å². The lowest BCUT2D eigenvalue weighted by atomic mass is 9.95. The van der Waals surface area contributed by atoms with E-state index in [1.807, 2.05) is 31.5 Å². The van der Waals surface area contributed by atoms with Crippen LogP contribution in [0.5, 0.6) is 5.75 Å². The lowest BCUT2D eigenvalue weighted by Gasteiger charge is -2.28. The maximum absolute atomic E-state index is 13.7. The van der Waals surface area contributed by atoms with Gasteiger partial charge in [0.15, 0.2) is 4.80 Å². The minimum absolute atomic E-state index is 0.00290. The number of ether oxygens (including phenoxy) is 3. The molecule has 2 fully saturated rings. The first-order valence-electron chi connectivity index (χ1n) is 14.3. The van der Waals surface area contributed by atoms with Crippen LogP contribution in [-0.4, -0.2) is 59.0 Å². The molecule has 4 rings (SSSR count). The third-order valence-electron chi connectivity index (χ3n) is 7.05. The van der Waals surface area contributed by atoms with E-state index in [4.69, 9.17) is 14.2 Å². The number of hydrogen-bond acceptors (Lipinski definition) is 6. The standard InChI is InChI=1S/C30H40F3N3O5S/c1-28(2,3)24-17-35(16-21-10-8-14-39-21)26(42-24)34-25(37)22-15-19(30(31,32)33)11-12-23(22)40-18-20-9-7-13-36(20)27(38)41-29(4,5)6/h11-12,15,17,20-21H,7-10,13-14,16,18H2,1-6H3/t20-,21-/m1/s1. The highest BCUT2D eigenvalue weighted by molar-refractivity contribution is 7.09. The van der Waals surface area contributed by atoms with E-state index in [0.717, 1.165) is 42.3 Å². The summed E-state index contributed by atoms with van der Waals surface area (Å²) in [6.45, 7) is 13.1. The van der Waals surface area contributed by atoms with Gasteiger partial charge in [0.25, 0.3) is 5.91 Å². The monoisotopic (exact) mass is 611 g/mol. The molecule has 2 aliphatic heterocycles. The van der Waals surface area contributed by atoms with Crippen LogP contribution in [-0.2, 0) is 27.6 Å². The number of carbonyl (C=O) groups excluding carboxylic acids is 2. The Morgan fingerprint density at radius 3 is 2.45 bits per heavy atom. The van der Waals surface area contributed by atoms with Gasteiger partial charge in [-0.25, -0.2) is 4.79 Å². The van der Waals surface area contributed by atoms with Gasteiger partial charge in [-0.1, -0.05) is 20.8 Å². The molecule has 2 aliphatic rings. The summed E-state index contributed by atoms with van der Waals surface area (Å²) in [6.07, 6.45) is -0.00802. The van der Waals surface area contributed by atoms with E-state index in [0.29, 0.717) is 30.9 Å². The van der Waals surface area contributed by atoms with Crippen molar-refractivity contribution in [3.05, 3.63) is 45.2 Å². The van der Waals surface area contributed by atoms with Crippen LogP contribution >= 0.6 is 11.3 Å². The molecule has 42 heavy (non-hydrogen) atoms. The fourth-order valence-electron chi connectivity index (χ4n) is 4.85. The first-order valence-corrected chi connectivity index (χ1v) is 15.1. The Labute approximate surface area is 248 Å². The Bertz CT molecular complexity index is 1350. The number of benzene rings is 1. The molecule has 12 heteroatoms. The van der Waals surface area contributed by atoms with Gasteiger partial charge in [-0.2, -0.15) is 18.2 Å². The molecule has 1 aromatic heterocycles. The summed E-state index contributed by atoms with van der Waals surface area (Å²) in [5.74, 6) is -0.860. The van der Waals surface area contributed by atoms with Crippen LogP contribution in [0.15, 0.2) is 29.4 Å². The summed E-state index contributed by atoms with van der Waals surface area (Å²) in [6, 6.07) is 2.47. The highest BCUT2D eigenvalue weighted by atomic mass is 32.1. The van der Waals surface area contributed by atoms with Gasteiger partial charge in [-0.3, -0.25) is 4.79 Å². The number of thiazole rings is 1. The summed E-state index contributed by atoms with van der Waals surface area (Å²) < 4.78 is 60.1. The minimum atomic E-state index is -4.66. The third kappa shape index (κ3) is 8.15. The second-order valence-electron chi connectivity index (χ2n) is 12.8. The van der Waals surface area contributed by atoms with Crippen LogP contribution in [0.2, 0.25) is 0 Å². The van der Waals surface area contributed by atoms with Crippen molar-refractivity contribution in [1.29, 1.82) is 0 Å². The maximum Gasteiger partial charge on any atom is 0.416 e. The molecule has 0 saturated carbocycles. The fourth-order valence-corrected chi connectivity index (χ4v) is 5.91. The molecule has 2 amide bonds. The summed E-state index contributed by atoms with van der Waals surface area (Å²) in [7, 11) is 0. The van der Waals surface area contributed by atoms with Gasteiger partial charge in [0.1, 0.15) is 18.0 Å². The molecule has 2 atom stereocenters. The molecule has 0 aliphatic carbocycles. The van der Waals surface area contributed by atoms with Crippen LogP contribution in [0, 0.1) is 0 Å². The molecule has 0 bridgehead atoms. The SMILES string of the molecule is CC(C)(C)OC(=O)N1CCC[C@@H]1COc1ccc(C(F)(F)F)cc1C(=O)N=c1sc(C(C)(C)C)cn1C[C@H]1CCCO1. The largest absolute Gasteiger partial charge is 0.491 e. The van der Waals surface area contributed by atoms with Gasteiger partial charge in [0, 0.05) is 24.2 Å². The van der Waals surface area contributed by atoms with Crippen molar-refractivity contribution in [1.82, 2.24) is 9.47 Å². The second kappa shape index (κ2) is 12.4. The van der Waals surface area contributed by atoms with Crippen LogP contribution in [0.25, 0.3) is 0 Å². The molecular weight excluding hydrogens is 571 g/mol. The van der Waals surface area contributed by atoms with Crippen LogP contribution in [0.1, 0.15) is 88.0 Å². The van der Waals surface area contributed by atoms with E-state index < -0.39 is 29.3 Å². The molecule has 8 nitrogen and oxygen atoms in total. The van der Waals surface area contributed by atoms with E-state index >= 15 is 0 Å². The third-order valence-corrected chi connectivity index (χ3v) is 8.50. The minimum Gasteiger partial charge on any atom is -0.491 e. The molecule has 3 heterocycles. The zero-order chi connectivity index (χ0) is 30.9. The smallest absolute Gasteiger partial charge is 0.416 e. The van der Waals surface area contributed by atoms with Crippen LogP contribution in [0.3, 0.4) is 0 Å². The van der Waals surface area contributed by atoms with Gasteiger partial charge >= 0.3 is 12.3 Å². The molecule has 232 valence electrons. The maximum atomic E-state index is 13.7. The van der Waals surface area contributed by atoms with Gasteiger partial charge in [-0.15, -0.1) is 11.3 Å². The average molecular weight is 612 g/mol. The van der Waals surface area contributed by atoms with E-state index in [1.54, 1.807) is 25.7 Å². The average Bonchev–Trinajstić information content (AvgIpc) is 3.63. The van der Waals surface area contributed by atoms with Crippen LogP contribution in [0.4, 0.5) is 18.0 Å². The molecule has 2 aromatic rings. The first-order chi connectivity index (χ1) is 19.5. The van der Waals surface area contributed by atoms with Crippen molar-refractivity contribution in [3.63, 3.8) is 0 Å². The number of alkyl halides is 3. The lowest BCUT2D eigenvalue weighted by molar-refractivity contribution is -0.137. The predicted octanol–water partition coefficient (Wildman–Crippen LogP) is 6.56. The number of carbonyl (C=O) groups is 2. The fraction of sp³-hybridized carbons (Fsp3) is 0.633. The first kappa shape index (κ1) is 32.1. The summed E-state index contributed by atoms with van der Waals surface area (Å²) in [4.78, 5) is 33.5. The lowest BCUT2D eigenvalue weighted by Crippen LogP contribution is -2.42. The number of nitrogens with zero attached hydrogens (tertiary/aromatic N) is 3. The molecule has 0 spiro atoms. The van der Waals surface area contributed by atoms with Crippen molar-refractivity contribution in [2.45, 2.75) is 103 Å². The summed E-state index contributed by atoms with van der Waals surface area (Å²) in [5, 5.41) is 0. The van der Waals surface area contributed by atoms with Gasteiger partial charge < -0.3 is 23.7 Å². The van der Waals surface area contributed by atoms with Crippen molar-refractivity contribution >= 4 is 23.3 Å². The number of rotatable bonds is 6. The Morgan fingerprint density at radius 2 is 1.83 bits per heavy atom. The number of aromatic nitrogens is 1. The quantitative estimate of drug-likeness (QED) is 0.369. The van der Waals surface area contributed by atoms with E-state index in [9.17, 15) is 22.8 Å². The van der Waals surface area contributed by atoms with Gasteiger partial charge in [0.05, 0.1) is 29.8 Å². The molecular formula is C30H40F3N3O5S. The van der Waals surface area contributed by atoms with Crippen molar-refractivity contribution in [2.24, 2.45) is 4.99 Å². The molecule has 0 N–H and O–H groups in total. The number of halogens is 3. The number of hydrogen-bond donors (Lipinski definition) is 0. The Hall–Kier alpha value is -2.86. The predicted molar refractivity (Wildman–Crippen MR) is 153 cm³/mol. The van der Waals surface area contributed by atoms with Crippen molar-refractivity contribution < 1.29 is 37.0 Å². The molecule has 2 saturated heterocycles. The zero-order valence-electron chi connectivity index (χ0n) is 25.0.